The average molecular weight is 392 g/mol. The van der Waals surface area contributed by atoms with Gasteiger partial charge in [-0.25, -0.2) is 9.97 Å². The number of aromatic nitrogens is 5. The predicted octanol–water partition coefficient (Wildman–Crippen LogP) is 3.64. The Bertz CT molecular complexity index is 1080. The molecule has 0 bridgehead atoms. The van der Waals surface area contributed by atoms with E-state index in [9.17, 15) is 0 Å². The maximum absolute atomic E-state index is 4.68. The Hall–Kier alpha value is -3.00. The number of aryl methyl sites for hydroxylation is 1. The van der Waals surface area contributed by atoms with E-state index in [-0.39, 0.29) is 0 Å². The minimum absolute atomic E-state index is 0.448. The zero-order chi connectivity index (χ0) is 18.9. The third-order valence-electron chi connectivity index (χ3n) is 5.07. The summed E-state index contributed by atoms with van der Waals surface area (Å²) in [4.78, 5) is 15.9. The molecule has 0 aliphatic carbocycles. The second-order valence-electron chi connectivity index (χ2n) is 7.04. The lowest BCUT2D eigenvalue weighted by molar-refractivity contribution is 0.520. The number of nitrogens with one attached hydrogen (secondary N) is 1. The number of thiazole rings is 1. The molecule has 0 radical (unpaired) electrons. The van der Waals surface area contributed by atoms with Crippen molar-refractivity contribution in [3.05, 3.63) is 53.8 Å². The van der Waals surface area contributed by atoms with Gasteiger partial charge >= 0.3 is 0 Å². The van der Waals surface area contributed by atoms with E-state index in [0.717, 1.165) is 53.8 Å². The van der Waals surface area contributed by atoms with Crippen LogP contribution >= 0.6 is 11.3 Å². The third kappa shape index (κ3) is 3.31. The highest BCUT2D eigenvalue weighted by atomic mass is 32.1. The quantitative estimate of drug-likeness (QED) is 0.573. The molecule has 1 aromatic carbocycles. The first-order chi connectivity index (χ1) is 13.8. The van der Waals surface area contributed by atoms with Crippen LogP contribution < -0.4 is 10.2 Å². The van der Waals surface area contributed by atoms with Crippen LogP contribution in [0.2, 0.25) is 0 Å². The van der Waals surface area contributed by atoms with Crippen molar-refractivity contribution in [2.45, 2.75) is 25.8 Å². The monoisotopic (exact) mass is 391 g/mol. The molecule has 0 unspecified atom stereocenters. The number of nitrogens with zero attached hydrogens (tertiary/aromatic N) is 6. The zero-order valence-corrected chi connectivity index (χ0v) is 16.4. The first-order valence-corrected chi connectivity index (χ1v) is 10.3. The van der Waals surface area contributed by atoms with Crippen LogP contribution in [0.5, 0.6) is 0 Å². The summed E-state index contributed by atoms with van der Waals surface area (Å²) in [6, 6.07) is 12.8. The van der Waals surface area contributed by atoms with E-state index in [2.05, 4.69) is 53.8 Å². The first-order valence-electron chi connectivity index (χ1n) is 9.46. The molecule has 28 heavy (non-hydrogen) atoms. The van der Waals surface area contributed by atoms with Crippen LogP contribution in [0.4, 0.5) is 10.9 Å². The van der Waals surface area contributed by atoms with Crippen molar-refractivity contribution in [1.82, 2.24) is 24.6 Å². The molecule has 1 fully saturated rings. The van der Waals surface area contributed by atoms with Crippen molar-refractivity contribution in [1.29, 1.82) is 0 Å². The molecule has 4 heterocycles. The van der Waals surface area contributed by atoms with Gasteiger partial charge < -0.3 is 10.2 Å². The van der Waals surface area contributed by atoms with Gasteiger partial charge in [0.15, 0.2) is 5.13 Å². The molecule has 0 amide bonds. The Labute approximate surface area is 167 Å². The number of benzene rings is 1. The Morgan fingerprint density at radius 3 is 2.68 bits per heavy atom. The highest BCUT2D eigenvalue weighted by molar-refractivity contribution is 7.13. The first kappa shape index (κ1) is 17.1. The van der Waals surface area contributed by atoms with Crippen molar-refractivity contribution in [2.24, 2.45) is 0 Å². The van der Waals surface area contributed by atoms with Gasteiger partial charge in [0, 0.05) is 36.1 Å². The van der Waals surface area contributed by atoms with Gasteiger partial charge in [0.25, 0.3) is 5.78 Å². The van der Waals surface area contributed by atoms with Gasteiger partial charge in [0.2, 0.25) is 0 Å². The second-order valence-corrected chi connectivity index (χ2v) is 7.90. The van der Waals surface area contributed by atoms with Gasteiger partial charge in [-0.05, 0) is 19.8 Å². The van der Waals surface area contributed by atoms with E-state index in [1.54, 1.807) is 17.7 Å². The van der Waals surface area contributed by atoms with Gasteiger partial charge in [-0.1, -0.05) is 30.3 Å². The smallest absolute Gasteiger partial charge is 0.254 e. The molecule has 0 saturated carbocycles. The molecule has 142 valence electrons. The lowest BCUT2D eigenvalue weighted by atomic mass is 10.1. The lowest BCUT2D eigenvalue weighted by Crippen LogP contribution is -2.40. The van der Waals surface area contributed by atoms with Crippen molar-refractivity contribution < 1.29 is 0 Å². The largest absolute Gasteiger partial charge is 0.359 e. The summed E-state index contributed by atoms with van der Waals surface area (Å²) in [6.45, 7) is 3.94. The molecule has 0 atom stereocenters. The molecule has 0 spiro atoms. The van der Waals surface area contributed by atoms with Crippen LogP contribution in [0.3, 0.4) is 0 Å². The van der Waals surface area contributed by atoms with Crippen LogP contribution in [0.1, 0.15) is 18.5 Å². The fraction of sp³-hybridized carbons (Fsp3) is 0.300. The maximum atomic E-state index is 4.68. The fourth-order valence-electron chi connectivity index (χ4n) is 3.63. The summed E-state index contributed by atoms with van der Waals surface area (Å²) in [6.07, 6.45) is 3.68. The maximum Gasteiger partial charge on any atom is 0.254 e. The SMILES string of the molecule is Cc1csc(NC2CCN(c3cc(-c4ccccc4)nc4ncnn34)CC2)n1. The Balaban J connectivity index is 1.38. The molecule has 4 aromatic rings. The van der Waals surface area contributed by atoms with Crippen LogP contribution in [0.25, 0.3) is 17.0 Å². The molecule has 1 saturated heterocycles. The van der Waals surface area contributed by atoms with E-state index in [4.69, 9.17) is 0 Å². The number of hydrogen-bond acceptors (Lipinski definition) is 7. The molecule has 7 nitrogen and oxygen atoms in total. The molecule has 5 rings (SSSR count). The molecule has 3 aromatic heterocycles. The van der Waals surface area contributed by atoms with Crippen LogP contribution in [-0.2, 0) is 0 Å². The van der Waals surface area contributed by atoms with E-state index in [0.29, 0.717) is 11.8 Å². The summed E-state index contributed by atoms with van der Waals surface area (Å²) in [5.41, 5.74) is 3.09. The van der Waals surface area contributed by atoms with Gasteiger partial charge in [0.05, 0.1) is 11.4 Å². The average Bonchev–Trinajstić information content (AvgIpc) is 3.37. The molecular formula is C20H21N7S. The van der Waals surface area contributed by atoms with E-state index < -0.39 is 0 Å². The normalized spacial score (nSPS) is 15.2. The summed E-state index contributed by atoms with van der Waals surface area (Å²) in [7, 11) is 0. The van der Waals surface area contributed by atoms with Crippen LogP contribution in [-0.4, -0.2) is 43.7 Å². The van der Waals surface area contributed by atoms with E-state index >= 15 is 0 Å². The zero-order valence-electron chi connectivity index (χ0n) is 15.6. The van der Waals surface area contributed by atoms with Gasteiger partial charge in [-0.15, -0.1) is 11.3 Å². The van der Waals surface area contributed by atoms with Crippen molar-refractivity contribution in [3.63, 3.8) is 0 Å². The third-order valence-corrected chi connectivity index (χ3v) is 5.96. The second kappa shape index (κ2) is 7.20. The number of fused-ring (bicyclic) bond motifs is 1. The Morgan fingerprint density at radius 1 is 1.11 bits per heavy atom. The van der Waals surface area contributed by atoms with E-state index in [1.807, 2.05) is 29.6 Å². The van der Waals surface area contributed by atoms with Crippen molar-refractivity contribution in [3.8, 4) is 11.3 Å². The summed E-state index contributed by atoms with van der Waals surface area (Å²) in [5, 5.41) is 11.1. The number of rotatable bonds is 4. The minimum atomic E-state index is 0.448. The van der Waals surface area contributed by atoms with E-state index in [1.165, 1.54) is 0 Å². The van der Waals surface area contributed by atoms with Crippen molar-refractivity contribution >= 4 is 28.1 Å². The topological polar surface area (TPSA) is 71.2 Å². The number of piperidine rings is 1. The Morgan fingerprint density at radius 2 is 1.93 bits per heavy atom. The van der Waals surface area contributed by atoms with Crippen molar-refractivity contribution in [2.75, 3.05) is 23.3 Å². The number of hydrogen-bond donors (Lipinski definition) is 1. The molecule has 1 N–H and O–H groups in total. The lowest BCUT2D eigenvalue weighted by Gasteiger charge is -2.33. The van der Waals surface area contributed by atoms with Gasteiger partial charge in [-0.3, -0.25) is 0 Å². The highest BCUT2D eigenvalue weighted by Crippen LogP contribution is 2.27. The predicted molar refractivity (Wildman–Crippen MR) is 112 cm³/mol. The summed E-state index contributed by atoms with van der Waals surface area (Å²) >= 11 is 1.68. The number of anilines is 2. The molecular weight excluding hydrogens is 370 g/mol. The molecule has 8 heteroatoms. The van der Waals surface area contributed by atoms with Crippen LogP contribution in [0.15, 0.2) is 48.1 Å². The summed E-state index contributed by atoms with van der Waals surface area (Å²) < 4.78 is 1.84. The standard InChI is InChI=1S/C20H21N7S/c1-14-12-28-20(23-14)24-16-7-9-26(10-8-16)18-11-17(15-5-3-2-4-6-15)25-19-21-13-22-27(18)19/h2-6,11-13,16H,7-10H2,1H3,(H,23,24). The van der Waals surface area contributed by atoms with Crippen LogP contribution in [0, 0.1) is 6.92 Å². The summed E-state index contributed by atoms with van der Waals surface area (Å²) in [5.74, 6) is 1.68. The minimum Gasteiger partial charge on any atom is -0.359 e. The molecule has 1 aliphatic rings. The molecule has 1 aliphatic heterocycles. The Kier molecular flexibility index (Phi) is 4.40. The highest BCUT2D eigenvalue weighted by Gasteiger charge is 2.23. The van der Waals surface area contributed by atoms with Gasteiger partial charge in [0.1, 0.15) is 12.1 Å². The van der Waals surface area contributed by atoms with Gasteiger partial charge in [-0.2, -0.15) is 14.6 Å². The fourth-order valence-corrected chi connectivity index (χ4v) is 4.39.